The van der Waals surface area contributed by atoms with Gasteiger partial charge in [0.1, 0.15) is 0 Å². The van der Waals surface area contributed by atoms with E-state index in [1.165, 1.54) is 0 Å². The molecular weight excluding hydrogens is 324 g/mol. The molecule has 2 amide bonds. The Morgan fingerprint density at radius 1 is 1.45 bits per heavy atom. The van der Waals surface area contributed by atoms with Gasteiger partial charge in [-0.15, -0.1) is 0 Å². The zero-order chi connectivity index (χ0) is 14.7. The third-order valence-electron chi connectivity index (χ3n) is 3.17. The van der Waals surface area contributed by atoms with Gasteiger partial charge in [0, 0.05) is 22.6 Å². The van der Waals surface area contributed by atoms with E-state index in [2.05, 4.69) is 27.8 Å². The first-order valence-corrected chi connectivity index (χ1v) is 6.97. The van der Waals surface area contributed by atoms with E-state index in [0.29, 0.717) is 17.6 Å². The Labute approximate surface area is 125 Å². The summed E-state index contributed by atoms with van der Waals surface area (Å²) >= 11 is 3.18. The second kappa shape index (κ2) is 6.09. The maximum atomic E-state index is 12.1. The predicted octanol–water partition coefficient (Wildman–Crippen LogP) is 2.68. The van der Waals surface area contributed by atoms with Crippen LogP contribution < -0.4 is 10.2 Å². The molecule has 0 saturated carbocycles. The molecule has 0 radical (unpaired) electrons. The minimum atomic E-state index is -0.860. The van der Waals surface area contributed by atoms with Crippen molar-refractivity contribution < 1.29 is 14.7 Å². The Bertz CT molecular complexity index is 559. The van der Waals surface area contributed by atoms with Crippen LogP contribution in [0.4, 0.5) is 10.5 Å². The number of carboxylic acid groups (broad SMARTS) is 1. The highest BCUT2D eigenvalue weighted by atomic mass is 79.9. The van der Waals surface area contributed by atoms with Gasteiger partial charge in [0.05, 0.1) is 13.0 Å². The third kappa shape index (κ3) is 3.19. The van der Waals surface area contributed by atoms with Gasteiger partial charge in [-0.2, -0.15) is 0 Å². The number of hydrogen-bond donors (Lipinski definition) is 2. The number of carbonyl (C=O) groups is 2. The molecule has 0 spiro atoms. The summed E-state index contributed by atoms with van der Waals surface area (Å²) < 4.78 is 0.681. The van der Waals surface area contributed by atoms with E-state index in [1.54, 1.807) is 4.90 Å². The molecule has 0 aliphatic carbocycles. The van der Waals surface area contributed by atoms with Crippen LogP contribution >= 0.6 is 15.9 Å². The number of rotatable bonds is 4. The lowest BCUT2D eigenvalue weighted by atomic mass is 9.98. The van der Waals surface area contributed by atoms with Crippen LogP contribution in [0, 0.1) is 0 Å². The molecule has 0 aromatic heterocycles. The van der Waals surface area contributed by atoms with Gasteiger partial charge < -0.3 is 10.4 Å². The molecule has 1 aliphatic heterocycles. The first kappa shape index (κ1) is 14.6. The second-order valence-corrected chi connectivity index (χ2v) is 5.76. The van der Waals surface area contributed by atoms with Crippen LogP contribution in [0.15, 0.2) is 35.3 Å². The summed E-state index contributed by atoms with van der Waals surface area (Å²) in [6.07, 6.45) is 0.0198. The smallest absolute Gasteiger partial charge is 0.322 e. The first-order chi connectivity index (χ1) is 9.49. The molecular formula is C14H15BrN2O3. The van der Waals surface area contributed by atoms with Crippen molar-refractivity contribution >= 4 is 33.6 Å². The predicted molar refractivity (Wildman–Crippen MR) is 80.2 cm³/mol. The maximum Gasteiger partial charge on any atom is 0.322 e. The van der Waals surface area contributed by atoms with Gasteiger partial charge in [-0.25, -0.2) is 4.79 Å². The van der Waals surface area contributed by atoms with Crippen LogP contribution in [0.2, 0.25) is 0 Å². The Balaban J connectivity index is 2.18. The summed E-state index contributed by atoms with van der Waals surface area (Å²) in [6.45, 7) is 4.37. The number of benzene rings is 1. The number of nitrogens with zero attached hydrogens (tertiary/aromatic N) is 1. The van der Waals surface area contributed by atoms with Crippen molar-refractivity contribution in [1.82, 2.24) is 5.32 Å². The number of halogens is 1. The molecule has 0 saturated heterocycles. The number of hydrogen-bond acceptors (Lipinski definition) is 2. The lowest BCUT2D eigenvalue weighted by molar-refractivity contribution is -0.137. The van der Waals surface area contributed by atoms with E-state index >= 15 is 0 Å². The normalized spacial score (nSPS) is 16.6. The Hall–Kier alpha value is -1.82. The monoisotopic (exact) mass is 338 g/mol. The molecule has 1 aliphatic rings. The van der Waals surface area contributed by atoms with Crippen molar-refractivity contribution in [3.63, 3.8) is 0 Å². The zero-order valence-corrected chi connectivity index (χ0v) is 12.4. The third-order valence-corrected chi connectivity index (χ3v) is 3.45. The van der Waals surface area contributed by atoms with Crippen molar-refractivity contribution in [2.24, 2.45) is 0 Å². The number of aliphatic carboxylic acids is 1. The number of urea groups is 1. The van der Waals surface area contributed by atoms with Gasteiger partial charge in [-0.1, -0.05) is 40.7 Å². The molecule has 0 bridgehead atoms. The molecule has 1 atom stereocenters. The van der Waals surface area contributed by atoms with Crippen molar-refractivity contribution in [3.05, 3.63) is 40.9 Å². The van der Waals surface area contributed by atoms with Gasteiger partial charge in [0.15, 0.2) is 0 Å². The lowest BCUT2D eigenvalue weighted by Gasteiger charge is -2.18. The number of carbonyl (C=O) groups excluding carboxylic acids is 1. The fourth-order valence-electron chi connectivity index (χ4n) is 2.34. The molecule has 106 valence electrons. The van der Waals surface area contributed by atoms with Gasteiger partial charge in [-0.05, 0) is 11.6 Å². The fraction of sp³-hybridized carbons (Fsp3) is 0.286. The highest BCUT2D eigenvalue weighted by Gasteiger charge is 2.33. The average molecular weight is 339 g/mol. The summed E-state index contributed by atoms with van der Waals surface area (Å²) in [6, 6.07) is 7.16. The van der Waals surface area contributed by atoms with E-state index in [9.17, 15) is 9.59 Å². The number of carboxylic acids is 1. The molecule has 6 heteroatoms. The second-order valence-electron chi connectivity index (χ2n) is 4.64. The van der Waals surface area contributed by atoms with Crippen molar-refractivity contribution in [2.75, 3.05) is 18.0 Å². The molecule has 2 rings (SSSR count). The Morgan fingerprint density at radius 3 is 2.80 bits per heavy atom. The van der Waals surface area contributed by atoms with Crippen LogP contribution in [0.25, 0.3) is 0 Å². The number of para-hydroxylation sites is 1. The van der Waals surface area contributed by atoms with Crippen LogP contribution in [-0.4, -0.2) is 30.2 Å². The van der Waals surface area contributed by atoms with Crippen LogP contribution in [0.5, 0.6) is 0 Å². The molecule has 1 unspecified atom stereocenters. The van der Waals surface area contributed by atoms with Gasteiger partial charge in [-0.3, -0.25) is 9.69 Å². The number of anilines is 1. The Kier molecular flexibility index (Phi) is 4.44. The maximum absolute atomic E-state index is 12.1. The summed E-state index contributed by atoms with van der Waals surface area (Å²) in [5, 5.41) is 11.7. The summed E-state index contributed by atoms with van der Waals surface area (Å²) in [5.41, 5.74) is 1.68. The van der Waals surface area contributed by atoms with E-state index in [0.717, 1.165) is 11.3 Å². The van der Waals surface area contributed by atoms with Gasteiger partial charge in [0.2, 0.25) is 0 Å². The quantitative estimate of drug-likeness (QED) is 0.886. The van der Waals surface area contributed by atoms with E-state index in [1.807, 2.05) is 24.3 Å². The minimum absolute atomic E-state index is 0.0198. The summed E-state index contributed by atoms with van der Waals surface area (Å²) in [7, 11) is 0. The molecule has 0 fully saturated rings. The van der Waals surface area contributed by atoms with E-state index in [4.69, 9.17) is 5.11 Å². The molecule has 20 heavy (non-hydrogen) atoms. The number of nitrogens with one attached hydrogen (secondary N) is 1. The standard InChI is InChI=1S/C14H15BrN2O3/c1-9(15)7-16-14(20)17-8-10(6-13(18)19)11-4-2-3-5-12(11)17/h2-5,10H,1,6-8H2,(H,16,20)(H,18,19). The average Bonchev–Trinajstić information content (AvgIpc) is 2.74. The van der Waals surface area contributed by atoms with Crippen molar-refractivity contribution in [3.8, 4) is 0 Å². The number of fused-ring (bicyclic) bond motifs is 1. The summed E-state index contributed by atoms with van der Waals surface area (Å²) in [4.78, 5) is 24.7. The molecule has 1 aromatic carbocycles. The molecule has 1 heterocycles. The fourth-order valence-corrected chi connectivity index (χ4v) is 2.48. The molecule has 5 nitrogen and oxygen atoms in total. The van der Waals surface area contributed by atoms with Crippen molar-refractivity contribution in [1.29, 1.82) is 0 Å². The molecule has 1 aromatic rings. The van der Waals surface area contributed by atoms with Gasteiger partial charge >= 0.3 is 12.0 Å². The largest absolute Gasteiger partial charge is 0.481 e. The van der Waals surface area contributed by atoms with E-state index < -0.39 is 5.97 Å². The van der Waals surface area contributed by atoms with Crippen LogP contribution in [-0.2, 0) is 4.79 Å². The first-order valence-electron chi connectivity index (χ1n) is 6.18. The lowest BCUT2D eigenvalue weighted by Crippen LogP contribution is -2.40. The molecule has 2 N–H and O–H groups in total. The number of amides is 2. The highest BCUT2D eigenvalue weighted by Crippen LogP contribution is 2.37. The topological polar surface area (TPSA) is 69.6 Å². The van der Waals surface area contributed by atoms with Gasteiger partial charge in [0.25, 0.3) is 0 Å². The highest BCUT2D eigenvalue weighted by molar-refractivity contribution is 9.11. The minimum Gasteiger partial charge on any atom is -0.481 e. The van der Waals surface area contributed by atoms with Crippen LogP contribution in [0.1, 0.15) is 17.9 Å². The Morgan fingerprint density at radius 2 is 2.15 bits per heavy atom. The zero-order valence-electron chi connectivity index (χ0n) is 10.8. The SMILES string of the molecule is C=C(Br)CNC(=O)N1CC(CC(=O)O)c2ccccc21. The van der Waals surface area contributed by atoms with E-state index in [-0.39, 0.29) is 18.4 Å². The van der Waals surface area contributed by atoms with Crippen molar-refractivity contribution in [2.45, 2.75) is 12.3 Å². The van der Waals surface area contributed by atoms with Crippen LogP contribution in [0.3, 0.4) is 0 Å². The summed E-state index contributed by atoms with van der Waals surface area (Å²) in [5.74, 6) is -1.03.